The van der Waals surface area contributed by atoms with Crippen molar-refractivity contribution in [3.05, 3.63) is 0 Å². The fourth-order valence-electron chi connectivity index (χ4n) is 0.357. The van der Waals surface area contributed by atoms with Crippen LogP contribution in [-0.4, -0.2) is 12.3 Å². The first-order valence-corrected chi connectivity index (χ1v) is 1.86. The molecule has 40 valence electrons. The number of nitrogens with one attached hydrogen (secondary N) is 3. The van der Waals surface area contributed by atoms with Crippen molar-refractivity contribution in [2.45, 2.75) is 6.29 Å². The van der Waals surface area contributed by atoms with Crippen LogP contribution in [0.1, 0.15) is 0 Å². The number of hydrogen-bond donors (Lipinski definition) is 4. The number of amides is 2. The van der Waals surface area contributed by atoms with Gasteiger partial charge in [0.1, 0.15) is 6.29 Å². The van der Waals surface area contributed by atoms with E-state index in [-0.39, 0.29) is 6.03 Å². The van der Waals surface area contributed by atoms with Gasteiger partial charge in [0.25, 0.3) is 0 Å². The monoisotopic (exact) mass is 102 g/mol. The second-order valence-electron chi connectivity index (χ2n) is 1.22. The lowest BCUT2D eigenvalue weighted by Gasteiger charge is -1.95. The zero-order chi connectivity index (χ0) is 5.28. The predicted octanol–water partition coefficient (Wildman–Crippen LogP) is -1.95. The number of rotatable bonds is 0. The van der Waals surface area contributed by atoms with E-state index < -0.39 is 6.29 Å². The molecule has 1 aliphatic rings. The van der Waals surface area contributed by atoms with Crippen molar-refractivity contribution in [2.75, 3.05) is 0 Å². The third-order valence-electron chi connectivity index (χ3n) is 0.628. The highest BCUT2D eigenvalue weighted by Crippen LogP contribution is 1.70. The van der Waals surface area contributed by atoms with E-state index in [1.165, 1.54) is 0 Å². The highest BCUT2D eigenvalue weighted by molar-refractivity contribution is 5.75. The van der Waals surface area contributed by atoms with Crippen molar-refractivity contribution >= 4 is 6.03 Å². The molecule has 0 aromatic heterocycles. The zero-order valence-electron chi connectivity index (χ0n) is 3.56. The summed E-state index contributed by atoms with van der Waals surface area (Å²) in [5.74, 6) is 0. The van der Waals surface area contributed by atoms with Gasteiger partial charge in [0.15, 0.2) is 0 Å². The Labute approximate surface area is 40.2 Å². The zero-order valence-corrected chi connectivity index (χ0v) is 3.56. The summed E-state index contributed by atoms with van der Waals surface area (Å²) in [5, 5.41) is 2.33. The van der Waals surface area contributed by atoms with Crippen LogP contribution in [0.2, 0.25) is 0 Å². The van der Waals surface area contributed by atoms with Gasteiger partial charge < -0.3 is 5.32 Å². The van der Waals surface area contributed by atoms with Crippen molar-refractivity contribution in [3.63, 3.8) is 0 Å². The molecular weight excluding hydrogens is 96.0 g/mol. The Balaban J connectivity index is 2.40. The molecule has 7 heavy (non-hydrogen) atoms. The number of urea groups is 1. The van der Waals surface area contributed by atoms with Crippen molar-refractivity contribution in [3.8, 4) is 0 Å². The van der Waals surface area contributed by atoms with Crippen molar-refractivity contribution < 1.29 is 4.79 Å². The molecule has 1 aliphatic heterocycles. The summed E-state index contributed by atoms with van der Waals surface area (Å²) < 4.78 is 0. The molecule has 1 atom stereocenters. The molecule has 1 fully saturated rings. The van der Waals surface area contributed by atoms with Gasteiger partial charge in [-0.1, -0.05) is 0 Å². The molecule has 0 saturated carbocycles. The maximum absolute atomic E-state index is 10.1. The van der Waals surface area contributed by atoms with Gasteiger partial charge in [-0.3, -0.25) is 11.2 Å². The lowest BCUT2D eigenvalue weighted by Crippen LogP contribution is -2.41. The van der Waals surface area contributed by atoms with E-state index in [9.17, 15) is 4.79 Å². The molecule has 5 nitrogen and oxygen atoms in total. The Kier molecular flexibility index (Phi) is 0.844. The van der Waals surface area contributed by atoms with Crippen LogP contribution >= 0.6 is 0 Å². The van der Waals surface area contributed by atoms with Crippen LogP contribution in [0, 0.1) is 0 Å². The lowest BCUT2D eigenvalue weighted by molar-refractivity contribution is 0.247. The normalized spacial score (nSPS) is 29.3. The first-order chi connectivity index (χ1) is 3.29. The molecule has 1 saturated heterocycles. The average Bonchev–Trinajstić information content (AvgIpc) is 1.87. The quantitative estimate of drug-likeness (QED) is 0.287. The minimum Gasteiger partial charge on any atom is -0.308 e. The number of hydrogen-bond acceptors (Lipinski definition) is 3. The largest absolute Gasteiger partial charge is 0.331 e. The Bertz CT molecular complexity index is 91.7. The molecule has 0 aliphatic carbocycles. The van der Waals surface area contributed by atoms with Crippen LogP contribution in [0.5, 0.6) is 0 Å². The fraction of sp³-hybridized carbons (Fsp3) is 0.500. The Morgan fingerprint density at radius 3 is 2.57 bits per heavy atom. The van der Waals surface area contributed by atoms with Crippen molar-refractivity contribution in [1.29, 1.82) is 0 Å². The summed E-state index contributed by atoms with van der Waals surface area (Å²) in [6, 6.07) is -0.285. The van der Waals surface area contributed by atoms with E-state index in [1.54, 1.807) is 0 Å². The molecule has 0 radical (unpaired) electrons. The molecular formula is C2H6N4O. The molecule has 0 spiro atoms. The molecule has 0 aromatic rings. The van der Waals surface area contributed by atoms with Crippen molar-refractivity contribution in [1.82, 2.24) is 16.2 Å². The standard InChI is InChI=1S/C2H6N4O/c3-1-4-2(7)6-5-1/h1,5H,3H2,(H2,4,6,7). The maximum Gasteiger partial charge on any atom is 0.331 e. The van der Waals surface area contributed by atoms with E-state index in [1.807, 2.05) is 0 Å². The highest BCUT2D eigenvalue weighted by atomic mass is 16.2. The summed E-state index contributed by atoms with van der Waals surface area (Å²) in [4.78, 5) is 10.1. The summed E-state index contributed by atoms with van der Waals surface area (Å²) >= 11 is 0. The van der Waals surface area contributed by atoms with Gasteiger partial charge in [0, 0.05) is 0 Å². The maximum atomic E-state index is 10.1. The fourth-order valence-corrected chi connectivity index (χ4v) is 0.357. The Morgan fingerprint density at radius 2 is 2.43 bits per heavy atom. The molecule has 1 heterocycles. The van der Waals surface area contributed by atoms with E-state index in [2.05, 4.69) is 16.2 Å². The summed E-state index contributed by atoms with van der Waals surface area (Å²) in [6.45, 7) is 0. The van der Waals surface area contributed by atoms with Crippen LogP contribution < -0.4 is 21.9 Å². The molecule has 1 rings (SSSR count). The van der Waals surface area contributed by atoms with Gasteiger partial charge in [0.2, 0.25) is 0 Å². The Hall–Kier alpha value is -0.810. The second kappa shape index (κ2) is 1.36. The van der Waals surface area contributed by atoms with Crippen LogP contribution in [0.25, 0.3) is 0 Å². The minimum absolute atomic E-state index is 0.285. The summed E-state index contributed by atoms with van der Waals surface area (Å²) in [7, 11) is 0. The van der Waals surface area contributed by atoms with Gasteiger partial charge >= 0.3 is 6.03 Å². The summed E-state index contributed by atoms with van der Waals surface area (Å²) in [6.07, 6.45) is -0.438. The van der Waals surface area contributed by atoms with Gasteiger partial charge in [-0.15, -0.1) is 0 Å². The van der Waals surface area contributed by atoms with Gasteiger partial charge in [-0.2, -0.15) is 5.43 Å². The van der Waals surface area contributed by atoms with Crippen LogP contribution in [0.3, 0.4) is 0 Å². The van der Waals surface area contributed by atoms with Crippen LogP contribution in [0.4, 0.5) is 4.79 Å². The van der Waals surface area contributed by atoms with Crippen LogP contribution in [0.15, 0.2) is 0 Å². The molecule has 1 unspecified atom stereocenters. The van der Waals surface area contributed by atoms with Crippen LogP contribution in [-0.2, 0) is 0 Å². The van der Waals surface area contributed by atoms with E-state index in [0.717, 1.165) is 0 Å². The van der Waals surface area contributed by atoms with Crippen molar-refractivity contribution in [2.24, 2.45) is 5.73 Å². The third-order valence-corrected chi connectivity index (χ3v) is 0.628. The van der Waals surface area contributed by atoms with Gasteiger partial charge in [-0.25, -0.2) is 4.79 Å². The summed E-state index contributed by atoms with van der Waals surface area (Å²) in [5.41, 5.74) is 9.80. The minimum atomic E-state index is -0.438. The van der Waals surface area contributed by atoms with E-state index in [4.69, 9.17) is 5.73 Å². The SMILES string of the molecule is NC1NNC(=O)N1. The predicted molar refractivity (Wildman–Crippen MR) is 22.8 cm³/mol. The van der Waals surface area contributed by atoms with E-state index in [0.29, 0.717) is 0 Å². The molecule has 5 N–H and O–H groups in total. The average molecular weight is 102 g/mol. The number of carbonyl (C=O) groups excluding carboxylic acids is 1. The third kappa shape index (κ3) is 0.787. The smallest absolute Gasteiger partial charge is 0.308 e. The first kappa shape index (κ1) is 4.35. The highest BCUT2D eigenvalue weighted by Gasteiger charge is 2.12. The number of hydrazine groups is 1. The second-order valence-corrected chi connectivity index (χ2v) is 1.22. The number of nitrogens with two attached hydrogens (primary N) is 1. The molecule has 0 bridgehead atoms. The number of carbonyl (C=O) groups is 1. The molecule has 0 aromatic carbocycles. The topological polar surface area (TPSA) is 79.2 Å². The Morgan fingerprint density at radius 1 is 1.71 bits per heavy atom. The van der Waals surface area contributed by atoms with E-state index >= 15 is 0 Å². The molecule has 2 amide bonds. The molecule has 5 heteroatoms. The lowest BCUT2D eigenvalue weighted by atomic mass is 10.9. The first-order valence-electron chi connectivity index (χ1n) is 1.86. The van der Waals surface area contributed by atoms with Gasteiger partial charge in [0.05, 0.1) is 0 Å². The van der Waals surface area contributed by atoms with Gasteiger partial charge in [-0.05, 0) is 0 Å².